The van der Waals surface area contributed by atoms with Gasteiger partial charge < -0.3 is 10.2 Å². The van der Waals surface area contributed by atoms with Crippen LogP contribution >= 0.6 is 0 Å². The lowest BCUT2D eigenvalue weighted by atomic mass is 9.42. The molecule has 10 atom stereocenters. The van der Waals surface area contributed by atoms with Crippen LogP contribution < -0.4 is 0 Å². The Morgan fingerprint density at radius 3 is 2.21 bits per heavy atom. The average molecular weight is 523 g/mol. The largest absolute Gasteiger partial charge is 0.478 e. The number of rotatable bonds is 8. The van der Waals surface area contributed by atoms with E-state index in [1.807, 2.05) is 12.1 Å². The molecule has 4 aliphatic rings. The topological polar surface area (TPSA) is 57.5 Å². The lowest BCUT2D eigenvalue weighted by molar-refractivity contribution is -0.152. The van der Waals surface area contributed by atoms with Crippen LogP contribution in [0, 0.1) is 58.2 Å². The molecule has 0 aromatic heterocycles. The molecule has 4 fully saturated rings. The van der Waals surface area contributed by atoms with E-state index in [9.17, 15) is 15.0 Å². The minimum absolute atomic E-state index is 0.236. The number of aliphatic hydroxyl groups is 1. The lowest BCUT2D eigenvalue weighted by Gasteiger charge is -2.63. The van der Waals surface area contributed by atoms with Crippen LogP contribution in [0.15, 0.2) is 24.3 Å². The van der Waals surface area contributed by atoms with Crippen molar-refractivity contribution in [3.8, 4) is 0 Å². The number of carbonyl (C=O) groups is 1. The van der Waals surface area contributed by atoms with Crippen LogP contribution in [0.1, 0.15) is 121 Å². The first-order valence-corrected chi connectivity index (χ1v) is 16.0. The highest BCUT2D eigenvalue weighted by atomic mass is 16.4. The van der Waals surface area contributed by atoms with Crippen LogP contribution in [0.4, 0.5) is 0 Å². The maximum atomic E-state index is 11.3. The highest BCUT2D eigenvalue weighted by Gasteiger charge is 2.61. The maximum Gasteiger partial charge on any atom is 0.335 e. The van der Waals surface area contributed by atoms with Crippen LogP contribution in [-0.4, -0.2) is 22.3 Å². The molecule has 0 radical (unpaired) electrons. The average Bonchev–Trinajstić information content (AvgIpc) is 3.23. The van der Waals surface area contributed by atoms with E-state index in [1.54, 1.807) is 12.1 Å². The molecule has 3 heteroatoms. The third-order valence-electron chi connectivity index (χ3n) is 12.8. The smallest absolute Gasteiger partial charge is 0.335 e. The van der Waals surface area contributed by atoms with E-state index in [0.29, 0.717) is 22.3 Å². The summed E-state index contributed by atoms with van der Waals surface area (Å²) in [5.74, 6) is 5.14. The summed E-state index contributed by atoms with van der Waals surface area (Å²) in [6.45, 7) is 12.6. The van der Waals surface area contributed by atoms with Crippen LogP contribution in [-0.2, 0) is 6.42 Å². The molecule has 0 heterocycles. The van der Waals surface area contributed by atoms with Crippen molar-refractivity contribution in [2.75, 3.05) is 0 Å². The second kappa shape index (κ2) is 10.9. The Labute approximate surface area is 232 Å². The van der Waals surface area contributed by atoms with Gasteiger partial charge in [0, 0.05) is 0 Å². The third-order valence-corrected chi connectivity index (χ3v) is 12.8. The summed E-state index contributed by atoms with van der Waals surface area (Å²) in [7, 11) is 0. The molecule has 1 aromatic rings. The van der Waals surface area contributed by atoms with Crippen molar-refractivity contribution in [1.82, 2.24) is 0 Å². The number of hydrogen-bond donors (Lipinski definition) is 2. The zero-order valence-electron chi connectivity index (χ0n) is 24.8. The molecule has 0 amide bonds. The molecule has 4 aliphatic carbocycles. The van der Waals surface area contributed by atoms with E-state index in [0.717, 1.165) is 48.3 Å². The molecule has 1 aromatic carbocycles. The number of aliphatic hydroxyl groups excluding tert-OH is 1. The molecule has 212 valence electrons. The molecule has 4 unspecified atom stereocenters. The van der Waals surface area contributed by atoms with Crippen LogP contribution in [0.3, 0.4) is 0 Å². The molecule has 38 heavy (non-hydrogen) atoms. The Hall–Kier alpha value is -1.35. The molecule has 0 saturated heterocycles. The fourth-order valence-electron chi connectivity index (χ4n) is 10.9. The standard InChI is InChI=1S/C35H54O3/c1-22(2)7-6-8-23(3)28-15-16-29-26-13-14-30-27(21-24-9-11-25(12-10-24)33(37)38)32(36)18-20-35(30,5)31(26)17-19-34(28,29)4/h9-12,22-23,26-32,36H,6-8,13-21H2,1-5H3,(H,37,38)/t23-,26?,27+,28-,29?,30?,31?,32-,34-,35+/m1/s1. The van der Waals surface area contributed by atoms with Gasteiger partial charge in [-0.3, -0.25) is 0 Å². The second-order valence-electron chi connectivity index (χ2n) is 15.1. The van der Waals surface area contributed by atoms with E-state index in [-0.39, 0.29) is 12.0 Å². The van der Waals surface area contributed by atoms with Crippen molar-refractivity contribution in [2.45, 2.75) is 118 Å². The maximum absolute atomic E-state index is 11.3. The van der Waals surface area contributed by atoms with Gasteiger partial charge in [0.25, 0.3) is 0 Å². The van der Waals surface area contributed by atoms with Crippen molar-refractivity contribution in [3.63, 3.8) is 0 Å². The van der Waals surface area contributed by atoms with Crippen molar-refractivity contribution in [1.29, 1.82) is 0 Å². The SMILES string of the molecule is CC(C)CCC[C@@H](C)[C@H]1CCC2C3CCC4[C@H](Cc5ccc(C(=O)O)cc5)[C@H](O)CC[C@]4(C)C3CC[C@@]21C. The highest BCUT2D eigenvalue weighted by molar-refractivity contribution is 5.87. The van der Waals surface area contributed by atoms with E-state index < -0.39 is 5.97 Å². The van der Waals surface area contributed by atoms with Gasteiger partial charge in [-0.15, -0.1) is 0 Å². The molecule has 4 saturated carbocycles. The molecule has 0 aliphatic heterocycles. The minimum atomic E-state index is -0.872. The predicted octanol–water partition coefficient (Wildman–Crippen LogP) is 8.64. The summed E-state index contributed by atoms with van der Waals surface area (Å²) in [5.41, 5.74) is 2.38. The molecular formula is C35H54O3. The van der Waals surface area contributed by atoms with E-state index in [1.165, 1.54) is 69.8 Å². The van der Waals surface area contributed by atoms with Gasteiger partial charge in [-0.1, -0.05) is 66.0 Å². The van der Waals surface area contributed by atoms with E-state index in [4.69, 9.17) is 0 Å². The van der Waals surface area contributed by atoms with Gasteiger partial charge in [-0.2, -0.15) is 0 Å². The molecule has 0 bridgehead atoms. The first kappa shape index (κ1) is 28.2. The molecule has 3 nitrogen and oxygen atoms in total. The fraction of sp³-hybridized carbons (Fsp3) is 0.800. The van der Waals surface area contributed by atoms with Gasteiger partial charge in [0.2, 0.25) is 0 Å². The van der Waals surface area contributed by atoms with Crippen molar-refractivity contribution < 1.29 is 15.0 Å². The summed E-state index contributed by atoms with van der Waals surface area (Å²) < 4.78 is 0. The number of benzene rings is 1. The van der Waals surface area contributed by atoms with Crippen LogP contribution in [0.5, 0.6) is 0 Å². The van der Waals surface area contributed by atoms with E-state index in [2.05, 4.69) is 34.6 Å². The Morgan fingerprint density at radius 1 is 0.868 bits per heavy atom. The Bertz CT molecular complexity index is 968. The highest BCUT2D eigenvalue weighted by Crippen LogP contribution is 2.69. The fourth-order valence-corrected chi connectivity index (χ4v) is 10.9. The molecule has 0 spiro atoms. The monoisotopic (exact) mass is 522 g/mol. The predicted molar refractivity (Wildman–Crippen MR) is 155 cm³/mol. The van der Waals surface area contributed by atoms with Gasteiger partial charge in [0.05, 0.1) is 11.7 Å². The number of fused-ring (bicyclic) bond motifs is 5. The van der Waals surface area contributed by atoms with Gasteiger partial charge in [0.15, 0.2) is 0 Å². The Balaban J connectivity index is 1.30. The summed E-state index contributed by atoms with van der Waals surface area (Å²) in [4.78, 5) is 11.3. The van der Waals surface area contributed by atoms with E-state index >= 15 is 0 Å². The number of aromatic carboxylic acids is 1. The van der Waals surface area contributed by atoms with Gasteiger partial charge >= 0.3 is 5.97 Å². The van der Waals surface area contributed by atoms with Crippen LogP contribution in [0.25, 0.3) is 0 Å². The first-order valence-electron chi connectivity index (χ1n) is 16.0. The first-order chi connectivity index (χ1) is 18.0. The van der Waals surface area contributed by atoms with Gasteiger partial charge in [-0.25, -0.2) is 4.79 Å². The molecule has 5 rings (SSSR count). The van der Waals surface area contributed by atoms with Crippen molar-refractivity contribution in [3.05, 3.63) is 35.4 Å². The van der Waals surface area contributed by atoms with Crippen molar-refractivity contribution >= 4 is 5.97 Å². The lowest BCUT2D eigenvalue weighted by Crippen LogP contribution is -2.57. The van der Waals surface area contributed by atoms with Gasteiger partial charge in [0.1, 0.15) is 0 Å². The third kappa shape index (κ3) is 4.99. The quantitative estimate of drug-likeness (QED) is 0.359. The summed E-state index contributed by atoms with van der Waals surface area (Å²) >= 11 is 0. The molecule has 2 N–H and O–H groups in total. The number of carboxylic acids is 1. The Kier molecular flexibility index (Phi) is 8.09. The van der Waals surface area contributed by atoms with Crippen LogP contribution in [0.2, 0.25) is 0 Å². The normalized spacial score (nSPS) is 41.3. The zero-order valence-corrected chi connectivity index (χ0v) is 24.8. The zero-order chi connectivity index (χ0) is 27.2. The second-order valence-corrected chi connectivity index (χ2v) is 15.1. The number of carboxylic acid groups (broad SMARTS) is 1. The van der Waals surface area contributed by atoms with Gasteiger partial charge in [-0.05, 0) is 134 Å². The number of hydrogen-bond acceptors (Lipinski definition) is 2. The Morgan fingerprint density at radius 2 is 1.53 bits per heavy atom. The summed E-state index contributed by atoms with van der Waals surface area (Å²) in [6.07, 6.45) is 15.2. The summed E-state index contributed by atoms with van der Waals surface area (Å²) in [5, 5.41) is 20.5. The minimum Gasteiger partial charge on any atom is -0.478 e. The summed E-state index contributed by atoms with van der Waals surface area (Å²) in [6, 6.07) is 7.40. The van der Waals surface area contributed by atoms with Crippen molar-refractivity contribution in [2.24, 2.45) is 58.2 Å². The molecular weight excluding hydrogens is 468 g/mol.